The summed E-state index contributed by atoms with van der Waals surface area (Å²) in [4.78, 5) is 20.4. The standard InChI is InChI=1S/C20H27FN6O/c1-10(2)17(11(3)22)26-20-16(21)7-15(18(23)28)19(27-20)25-14-6-13(8-24-9-14)12-4-5-12/h6-12,17H,4-5,22H2,1-3H3,(H2,23,28)(H2,25,26,27)/t11-,17+/m0/s1. The van der Waals surface area contributed by atoms with Crippen molar-refractivity contribution >= 4 is 23.2 Å². The molecule has 2 heterocycles. The molecule has 150 valence electrons. The first-order valence-corrected chi connectivity index (χ1v) is 9.50. The summed E-state index contributed by atoms with van der Waals surface area (Å²) in [5.41, 5.74) is 13.2. The van der Waals surface area contributed by atoms with E-state index in [-0.39, 0.29) is 35.2 Å². The summed E-state index contributed by atoms with van der Waals surface area (Å²) in [6, 6.07) is 2.66. The zero-order valence-electron chi connectivity index (χ0n) is 16.4. The van der Waals surface area contributed by atoms with E-state index in [0.717, 1.165) is 24.5 Å². The second-order valence-electron chi connectivity index (χ2n) is 7.76. The van der Waals surface area contributed by atoms with Crippen LogP contribution in [0.4, 0.5) is 21.7 Å². The molecule has 3 rings (SSSR count). The maximum atomic E-state index is 14.6. The van der Waals surface area contributed by atoms with Crippen molar-refractivity contribution in [1.29, 1.82) is 0 Å². The second kappa shape index (κ2) is 8.10. The molecular formula is C20H27FN6O. The van der Waals surface area contributed by atoms with Crippen molar-refractivity contribution < 1.29 is 9.18 Å². The molecule has 0 unspecified atom stereocenters. The minimum atomic E-state index is -0.764. The highest BCUT2D eigenvalue weighted by molar-refractivity contribution is 5.98. The molecule has 1 amide bonds. The van der Waals surface area contributed by atoms with Gasteiger partial charge >= 0.3 is 0 Å². The van der Waals surface area contributed by atoms with Crippen molar-refractivity contribution in [2.45, 2.75) is 51.6 Å². The number of halogens is 1. The summed E-state index contributed by atoms with van der Waals surface area (Å²) in [7, 11) is 0. The predicted octanol–water partition coefficient (Wildman–Crippen LogP) is 3.12. The van der Waals surface area contributed by atoms with Crippen molar-refractivity contribution in [3.63, 3.8) is 0 Å². The molecule has 0 radical (unpaired) electrons. The number of amides is 1. The third-order valence-corrected chi connectivity index (χ3v) is 4.90. The van der Waals surface area contributed by atoms with Gasteiger partial charge in [0.05, 0.1) is 17.4 Å². The number of anilines is 3. The van der Waals surface area contributed by atoms with Gasteiger partial charge in [0.2, 0.25) is 0 Å². The normalized spacial score (nSPS) is 15.9. The lowest BCUT2D eigenvalue weighted by Gasteiger charge is -2.27. The van der Waals surface area contributed by atoms with Gasteiger partial charge in [0.25, 0.3) is 5.91 Å². The summed E-state index contributed by atoms with van der Waals surface area (Å²) in [6.07, 6.45) is 5.76. The first-order chi connectivity index (χ1) is 13.3. The van der Waals surface area contributed by atoms with Crippen molar-refractivity contribution in [3.8, 4) is 0 Å². The first kappa shape index (κ1) is 20.0. The summed E-state index contributed by atoms with van der Waals surface area (Å²) in [6.45, 7) is 5.83. The Bertz CT molecular complexity index is 858. The Labute approximate surface area is 164 Å². The van der Waals surface area contributed by atoms with E-state index in [1.165, 1.54) is 0 Å². The Morgan fingerprint density at radius 2 is 1.93 bits per heavy atom. The minimum Gasteiger partial charge on any atom is -0.365 e. The van der Waals surface area contributed by atoms with Crippen LogP contribution in [0, 0.1) is 11.7 Å². The fraction of sp³-hybridized carbons (Fsp3) is 0.450. The van der Waals surface area contributed by atoms with Crippen LogP contribution in [0.3, 0.4) is 0 Å². The van der Waals surface area contributed by atoms with Gasteiger partial charge in [-0.2, -0.15) is 0 Å². The Balaban J connectivity index is 1.94. The van der Waals surface area contributed by atoms with Gasteiger partial charge in [-0.3, -0.25) is 9.78 Å². The van der Waals surface area contributed by atoms with Crippen LogP contribution in [0.15, 0.2) is 24.5 Å². The Kier molecular flexibility index (Phi) is 5.79. The molecular weight excluding hydrogens is 359 g/mol. The fourth-order valence-electron chi connectivity index (χ4n) is 3.24. The van der Waals surface area contributed by atoms with Crippen molar-refractivity contribution in [2.24, 2.45) is 17.4 Å². The molecule has 0 aromatic carbocycles. The number of hydrogen-bond acceptors (Lipinski definition) is 6. The number of nitrogens with one attached hydrogen (secondary N) is 2. The van der Waals surface area contributed by atoms with E-state index in [0.29, 0.717) is 11.6 Å². The lowest BCUT2D eigenvalue weighted by Crippen LogP contribution is -2.42. The van der Waals surface area contributed by atoms with E-state index < -0.39 is 11.7 Å². The summed E-state index contributed by atoms with van der Waals surface area (Å²) in [5, 5.41) is 6.12. The number of nitrogens with two attached hydrogens (primary N) is 2. The maximum Gasteiger partial charge on any atom is 0.252 e. The lowest BCUT2D eigenvalue weighted by molar-refractivity contribution is 0.100. The highest BCUT2D eigenvalue weighted by Gasteiger charge is 2.25. The summed E-state index contributed by atoms with van der Waals surface area (Å²) in [5.74, 6) is -0.531. The molecule has 1 saturated carbocycles. The Hall–Kier alpha value is -2.74. The van der Waals surface area contributed by atoms with Crippen LogP contribution in [0.5, 0.6) is 0 Å². The van der Waals surface area contributed by atoms with Gasteiger partial charge in [-0.25, -0.2) is 9.37 Å². The maximum absolute atomic E-state index is 14.6. The summed E-state index contributed by atoms with van der Waals surface area (Å²) >= 11 is 0. The molecule has 0 bridgehead atoms. The van der Waals surface area contributed by atoms with E-state index in [4.69, 9.17) is 11.5 Å². The number of pyridine rings is 2. The van der Waals surface area contributed by atoms with Gasteiger partial charge in [0.1, 0.15) is 5.82 Å². The van der Waals surface area contributed by atoms with Crippen LogP contribution in [-0.2, 0) is 0 Å². The molecule has 7 nitrogen and oxygen atoms in total. The number of carbonyl (C=O) groups excluding carboxylic acids is 1. The van der Waals surface area contributed by atoms with Crippen LogP contribution in [0.2, 0.25) is 0 Å². The molecule has 6 N–H and O–H groups in total. The number of carbonyl (C=O) groups is 1. The SMILES string of the molecule is CC(C)[C@@H](Nc1nc(Nc2cncc(C3CC3)c2)c(C(N)=O)cc1F)[C@H](C)N. The molecule has 28 heavy (non-hydrogen) atoms. The van der Waals surface area contributed by atoms with Crippen LogP contribution in [0.25, 0.3) is 0 Å². The zero-order chi connectivity index (χ0) is 20.4. The van der Waals surface area contributed by atoms with Crippen LogP contribution in [-0.4, -0.2) is 28.0 Å². The van der Waals surface area contributed by atoms with Crippen LogP contribution >= 0.6 is 0 Å². The third kappa shape index (κ3) is 4.56. The monoisotopic (exact) mass is 386 g/mol. The summed E-state index contributed by atoms with van der Waals surface area (Å²) < 4.78 is 14.6. The van der Waals surface area contributed by atoms with E-state index in [1.54, 1.807) is 6.20 Å². The highest BCUT2D eigenvalue weighted by atomic mass is 19.1. The van der Waals surface area contributed by atoms with Crippen molar-refractivity contribution in [2.75, 3.05) is 10.6 Å². The van der Waals surface area contributed by atoms with Crippen LogP contribution in [0.1, 0.15) is 55.5 Å². The number of nitrogens with zero attached hydrogens (tertiary/aromatic N) is 2. The van der Waals surface area contributed by atoms with E-state index in [1.807, 2.05) is 33.0 Å². The van der Waals surface area contributed by atoms with Gasteiger partial charge in [-0.15, -0.1) is 0 Å². The molecule has 2 atom stereocenters. The topological polar surface area (TPSA) is 119 Å². The molecule has 1 fully saturated rings. The highest BCUT2D eigenvalue weighted by Crippen LogP contribution is 2.40. The molecule has 2 aromatic heterocycles. The van der Waals surface area contributed by atoms with Crippen LogP contribution < -0.4 is 22.1 Å². The van der Waals surface area contributed by atoms with Crippen molar-refractivity contribution in [1.82, 2.24) is 9.97 Å². The lowest BCUT2D eigenvalue weighted by atomic mass is 9.98. The smallest absolute Gasteiger partial charge is 0.252 e. The van der Waals surface area contributed by atoms with Crippen molar-refractivity contribution in [3.05, 3.63) is 41.5 Å². The van der Waals surface area contributed by atoms with Gasteiger partial charge < -0.3 is 22.1 Å². The number of primary amides is 1. The predicted molar refractivity (Wildman–Crippen MR) is 108 cm³/mol. The quantitative estimate of drug-likeness (QED) is 0.553. The average molecular weight is 386 g/mol. The molecule has 8 heteroatoms. The number of aromatic nitrogens is 2. The van der Waals surface area contributed by atoms with E-state index in [9.17, 15) is 9.18 Å². The fourth-order valence-corrected chi connectivity index (χ4v) is 3.24. The van der Waals surface area contributed by atoms with Gasteiger partial charge in [-0.1, -0.05) is 13.8 Å². The Morgan fingerprint density at radius 1 is 1.21 bits per heavy atom. The van der Waals surface area contributed by atoms with Gasteiger partial charge in [0.15, 0.2) is 11.6 Å². The number of hydrogen-bond donors (Lipinski definition) is 4. The minimum absolute atomic E-state index is 0.0230. The Morgan fingerprint density at radius 3 is 2.50 bits per heavy atom. The molecule has 1 aliphatic rings. The molecule has 0 spiro atoms. The number of rotatable bonds is 8. The zero-order valence-corrected chi connectivity index (χ0v) is 16.4. The largest absolute Gasteiger partial charge is 0.365 e. The van der Waals surface area contributed by atoms with E-state index >= 15 is 0 Å². The second-order valence-corrected chi connectivity index (χ2v) is 7.76. The average Bonchev–Trinajstić information content (AvgIpc) is 3.46. The molecule has 0 saturated heterocycles. The van der Waals surface area contributed by atoms with E-state index in [2.05, 4.69) is 20.6 Å². The third-order valence-electron chi connectivity index (χ3n) is 4.90. The molecule has 2 aromatic rings. The first-order valence-electron chi connectivity index (χ1n) is 9.50. The van der Waals surface area contributed by atoms with Gasteiger partial charge in [-0.05, 0) is 49.3 Å². The molecule has 0 aliphatic heterocycles. The van der Waals surface area contributed by atoms with Gasteiger partial charge in [0, 0.05) is 18.3 Å². The molecule has 1 aliphatic carbocycles.